The van der Waals surface area contributed by atoms with Gasteiger partial charge in [0.15, 0.2) is 0 Å². The Morgan fingerprint density at radius 3 is 2.35 bits per heavy atom. The Kier molecular flexibility index (Phi) is 9.44. The van der Waals surface area contributed by atoms with Gasteiger partial charge in [-0.25, -0.2) is 22.7 Å². The van der Waals surface area contributed by atoms with Crippen LogP contribution in [0, 0.1) is 13.8 Å². The van der Waals surface area contributed by atoms with E-state index >= 15 is 0 Å². The van der Waals surface area contributed by atoms with Crippen LogP contribution in [0.2, 0.25) is 0 Å². The highest BCUT2D eigenvalue weighted by Gasteiger charge is 2.18. The minimum Gasteiger partial charge on any atom is -0.460 e. The highest BCUT2D eigenvalue weighted by atomic mass is 32.2. The molecule has 0 spiro atoms. The molecule has 167 valence electrons. The summed E-state index contributed by atoms with van der Waals surface area (Å²) in [6.07, 6.45) is 0. The standard InChI is InChI=1S/C21H25N2O7S/c1-3-28-11-12-29-13-14-30-20(24)17-5-4-6-18(15-17)22-21(25)23-31(26,27)19-9-7-16(2)8-10-19/h4-10,15H,1,3,11-14H2,2H3,(H2,22,23,25). The van der Waals surface area contributed by atoms with Crippen LogP contribution in [0.25, 0.3) is 0 Å². The lowest BCUT2D eigenvalue weighted by Crippen LogP contribution is -2.34. The third-order valence-electron chi connectivity index (χ3n) is 3.89. The van der Waals surface area contributed by atoms with Gasteiger partial charge in [-0.05, 0) is 44.2 Å². The zero-order valence-electron chi connectivity index (χ0n) is 17.1. The second-order valence-corrected chi connectivity index (χ2v) is 8.00. The first-order valence-corrected chi connectivity index (χ1v) is 10.9. The second kappa shape index (κ2) is 12.0. The van der Waals surface area contributed by atoms with E-state index in [2.05, 4.69) is 12.2 Å². The van der Waals surface area contributed by atoms with Gasteiger partial charge in [0.2, 0.25) is 0 Å². The van der Waals surface area contributed by atoms with E-state index in [4.69, 9.17) is 14.2 Å². The fraction of sp³-hybridized carbons (Fsp3) is 0.286. The van der Waals surface area contributed by atoms with E-state index < -0.39 is 22.0 Å². The summed E-state index contributed by atoms with van der Waals surface area (Å²) in [5.74, 6) is -0.603. The molecule has 2 rings (SSSR count). The maximum Gasteiger partial charge on any atom is 0.338 e. The molecular weight excluding hydrogens is 424 g/mol. The Bertz CT molecular complexity index is 975. The normalized spacial score (nSPS) is 11.0. The number of anilines is 1. The molecule has 0 aliphatic rings. The van der Waals surface area contributed by atoms with Gasteiger partial charge in [0.05, 0.1) is 30.3 Å². The zero-order chi connectivity index (χ0) is 22.7. The summed E-state index contributed by atoms with van der Waals surface area (Å²) in [5, 5.41) is 2.39. The highest BCUT2D eigenvalue weighted by molar-refractivity contribution is 7.90. The number of nitrogens with one attached hydrogen (secondary N) is 2. The van der Waals surface area contributed by atoms with Crippen LogP contribution in [-0.4, -0.2) is 53.5 Å². The van der Waals surface area contributed by atoms with Crippen LogP contribution >= 0.6 is 0 Å². The first-order chi connectivity index (χ1) is 14.8. The number of esters is 1. The summed E-state index contributed by atoms with van der Waals surface area (Å²) < 4.78 is 41.8. The lowest BCUT2D eigenvalue weighted by atomic mass is 10.2. The summed E-state index contributed by atoms with van der Waals surface area (Å²) in [6.45, 7) is 6.75. The zero-order valence-corrected chi connectivity index (χ0v) is 17.9. The van der Waals surface area contributed by atoms with Crippen LogP contribution in [0.1, 0.15) is 15.9 Å². The molecule has 0 aliphatic carbocycles. The Morgan fingerprint density at radius 2 is 1.65 bits per heavy atom. The highest BCUT2D eigenvalue weighted by Crippen LogP contribution is 2.13. The maximum absolute atomic E-state index is 12.3. The fourth-order valence-electron chi connectivity index (χ4n) is 2.38. The number of carbonyl (C=O) groups is 2. The molecule has 2 amide bonds. The van der Waals surface area contributed by atoms with Crippen molar-refractivity contribution in [3.05, 3.63) is 66.6 Å². The van der Waals surface area contributed by atoms with E-state index in [1.54, 1.807) is 12.1 Å². The van der Waals surface area contributed by atoms with E-state index in [1.165, 1.54) is 36.4 Å². The van der Waals surface area contributed by atoms with E-state index in [1.807, 2.05) is 11.6 Å². The molecule has 31 heavy (non-hydrogen) atoms. The lowest BCUT2D eigenvalue weighted by molar-refractivity contribution is 0.0179. The summed E-state index contributed by atoms with van der Waals surface area (Å²) in [5.41, 5.74) is 1.31. The molecule has 0 unspecified atom stereocenters. The van der Waals surface area contributed by atoms with E-state index in [-0.39, 0.29) is 29.4 Å². The van der Waals surface area contributed by atoms with E-state index in [0.29, 0.717) is 19.8 Å². The second-order valence-electron chi connectivity index (χ2n) is 6.31. The molecule has 10 heteroatoms. The fourth-order valence-corrected chi connectivity index (χ4v) is 3.28. The summed E-state index contributed by atoms with van der Waals surface area (Å²) >= 11 is 0. The van der Waals surface area contributed by atoms with Gasteiger partial charge in [-0.2, -0.15) is 0 Å². The Hall–Kier alpha value is -2.95. The van der Waals surface area contributed by atoms with Gasteiger partial charge in [0.25, 0.3) is 10.0 Å². The number of ether oxygens (including phenoxy) is 3. The van der Waals surface area contributed by atoms with Crippen molar-refractivity contribution in [2.24, 2.45) is 0 Å². The number of benzene rings is 2. The number of carbonyl (C=O) groups excluding carboxylic acids is 2. The molecule has 2 N–H and O–H groups in total. The first-order valence-electron chi connectivity index (χ1n) is 9.44. The first kappa shape index (κ1) is 24.3. The molecule has 0 aromatic heterocycles. The van der Waals surface area contributed by atoms with Crippen molar-refractivity contribution in [2.75, 3.05) is 38.4 Å². The minimum absolute atomic E-state index is 0.0364. The lowest BCUT2D eigenvalue weighted by Gasteiger charge is -2.10. The molecule has 9 nitrogen and oxygen atoms in total. The number of urea groups is 1. The average Bonchev–Trinajstić information content (AvgIpc) is 2.73. The SMILES string of the molecule is [CH2]COCCOCCOC(=O)c1cccc(NC(=O)NS(=O)(=O)c2ccc(C)cc2)c1. The van der Waals surface area contributed by atoms with Gasteiger partial charge < -0.3 is 19.5 Å². The van der Waals surface area contributed by atoms with Crippen molar-refractivity contribution < 1.29 is 32.2 Å². The van der Waals surface area contributed by atoms with E-state index in [9.17, 15) is 18.0 Å². The van der Waals surface area contributed by atoms with Crippen LogP contribution in [0.3, 0.4) is 0 Å². The van der Waals surface area contributed by atoms with Crippen LogP contribution in [0.5, 0.6) is 0 Å². The number of rotatable bonds is 11. The minimum atomic E-state index is -4.03. The Balaban J connectivity index is 1.86. The molecule has 0 bridgehead atoms. The van der Waals surface area contributed by atoms with Crippen LogP contribution in [0.15, 0.2) is 53.4 Å². The number of sulfonamides is 1. The van der Waals surface area contributed by atoms with Crippen molar-refractivity contribution >= 4 is 27.7 Å². The smallest absolute Gasteiger partial charge is 0.338 e. The van der Waals surface area contributed by atoms with E-state index in [0.717, 1.165) is 5.56 Å². The molecule has 0 saturated carbocycles. The van der Waals surface area contributed by atoms with Crippen molar-refractivity contribution in [1.82, 2.24) is 4.72 Å². The number of amides is 2. The predicted octanol–water partition coefficient (Wildman–Crippen LogP) is 2.53. The quantitative estimate of drug-likeness (QED) is 0.399. The van der Waals surface area contributed by atoms with Gasteiger partial charge in [-0.15, -0.1) is 0 Å². The number of hydrogen-bond acceptors (Lipinski definition) is 7. The molecule has 0 aliphatic heterocycles. The molecule has 0 heterocycles. The van der Waals surface area contributed by atoms with Crippen LogP contribution < -0.4 is 10.0 Å². The topological polar surface area (TPSA) is 120 Å². The monoisotopic (exact) mass is 449 g/mol. The molecule has 1 radical (unpaired) electrons. The largest absolute Gasteiger partial charge is 0.460 e. The van der Waals surface area contributed by atoms with Gasteiger partial charge in [-0.1, -0.05) is 23.8 Å². The van der Waals surface area contributed by atoms with Gasteiger partial charge in [0.1, 0.15) is 6.61 Å². The number of aryl methyl sites for hydroxylation is 1. The predicted molar refractivity (Wildman–Crippen MR) is 114 cm³/mol. The molecule has 0 fully saturated rings. The molecule has 0 atom stereocenters. The third kappa shape index (κ3) is 8.36. The Labute approximate surface area is 181 Å². The molecular formula is C21H25N2O7S. The molecule has 2 aromatic rings. The van der Waals surface area contributed by atoms with Crippen molar-refractivity contribution in [2.45, 2.75) is 11.8 Å². The molecule has 2 aromatic carbocycles. The van der Waals surface area contributed by atoms with Gasteiger partial charge >= 0.3 is 12.0 Å². The maximum atomic E-state index is 12.3. The average molecular weight is 450 g/mol. The van der Waals surface area contributed by atoms with Gasteiger partial charge in [-0.3, -0.25) is 0 Å². The van der Waals surface area contributed by atoms with Crippen LogP contribution in [0.4, 0.5) is 10.5 Å². The van der Waals surface area contributed by atoms with Crippen molar-refractivity contribution in [3.63, 3.8) is 0 Å². The number of hydrogen-bond donors (Lipinski definition) is 2. The summed E-state index contributed by atoms with van der Waals surface area (Å²) in [7, 11) is -4.03. The van der Waals surface area contributed by atoms with Gasteiger partial charge in [0, 0.05) is 12.3 Å². The summed E-state index contributed by atoms with van der Waals surface area (Å²) in [4.78, 5) is 24.2. The van der Waals surface area contributed by atoms with Crippen molar-refractivity contribution in [1.29, 1.82) is 0 Å². The summed E-state index contributed by atoms with van der Waals surface area (Å²) in [6, 6.07) is 11.0. The molecule has 0 saturated heterocycles. The third-order valence-corrected chi connectivity index (χ3v) is 5.24. The Morgan fingerprint density at radius 1 is 0.968 bits per heavy atom. The van der Waals surface area contributed by atoms with Crippen LogP contribution in [-0.2, 0) is 24.2 Å². The van der Waals surface area contributed by atoms with Crippen molar-refractivity contribution in [3.8, 4) is 0 Å².